The molecule has 1 atom stereocenters. The molecular formula is C14H18F3N3O. The molecular weight excluding hydrogens is 283 g/mol. The van der Waals surface area contributed by atoms with Crippen molar-refractivity contribution in [3.05, 3.63) is 29.3 Å². The standard InChI is InChI=1S/C14H18F3N3O/c1-19-7-9-2-3-11(6-12(9)14(15,16)17)20-5-4-10(8-20)13(18)21/h2-3,6,10,19H,4-5,7-8H2,1H3,(H2,18,21). The first-order chi connectivity index (χ1) is 9.82. The lowest BCUT2D eigenvalue weighted by Gasteiger charge is -2.21. The van der Waals surface area contributed by atoms with Gasteiger partial charge in [-0.15, -0.1) is 0 Å². The third-order valence-electron chi connectivity index (χ3n) is 3.72. The van der Waals surface area contributed by atoms with Crippen molar-refractivity contribution >= 4 is 11.6 Å². The highest BCUT2D eigenvalue weighted by atomic mass is 19.4. The van der Waals surface area contributed by atoms with E-state index in [2.05, 4.69) is 5.32 Å². The maximum Gasteiger partial charge on any atom is 0.416 e. The number of carbonyl (C=O) groups excluding carboxylic acids is 1. The van der Waals surface area contributed by atoms with Gasteiger partial charge in [-0.25, -0.2) is 0 Å². The first-order valence-electron chi connectivity index (χ1n) is 6.72. The molecule has 1 aromatic rings. The second-order valence-corrected chi connectivity index (χ2v) is 5.20. The van der Waals surface area contributed by atoms with Gasteiger partial charge in [-0.05, 0) is 31.2 Å². The van der Waals surface area contributed by atoms with Gasteiger partial charge in [0.15, 0.2) is 0 Å². The maximum atomic E-state index is 13.1. The fourth-order valence-electron chi connectivity index (χ4n) is 2.60. The van der Waals surface area contributed by atoms with E-state index in [1.165, 1.54) is 6.07 Å². The van der Waals surface area contributed by atoms with Gasteiger partial charge in [0.2, 0.25) is 5.91 Å². The van der Waals surface area contributed by atoms with Crippen LogP contribution in [0.1, 0.15) is 17.5 Å². The Morgan fingerprint density at radius 1 is 1.48 bits per heavy atom. The molecule has 0 bridgehead atoms. The second kappa shape index (κ2) is 5.93. The zero-order chi connectivity index (χ0) is 15.6. The highest BCUT2D eigenvalue weighted by molar-refractivity contribution is 5.78. The minimum absolute atomic E-state index is 0.152. The number of hydrogen-bond acceptors (Lipinski definition) is 3. The summed E-state index contributed by atoms with van der Waals surface area (Å²) < 4.78 is 39.4. The zero-order valence-electron chi connectivity index (χ0n) is 11.7. The molecule has 1 aromatic carbocycles. The Hall–Kier alpha value is -1.76. The van der Waals surface area contributed by atoms with E-state index in [1.807, 2.05) is 0 Å². The lowest BCUT2D eigenvalue weighted by molar-refractivity contribution is -0.138. The molecule has 116 valence electrons. The maximum absolute atomic E-state index is 13.1. The Balaban J connectivity index is 2.28. The highest BCUT2D eigenvalue weighted by Crippen LogP contribution is 2.35. The van der Waals surface area contributed by atoms with Gasteiger partial charge >= 0.3 is 6.18 Å². The smallest absolute Gasteiger partial charge is 0.371 e. The number of alkyl halides is 3. The lowest BCUT2D eigenvalue weighted by Crippen LogP contribution is -2.27. The molecule has 1 unspecified atom stereocenters. The van der Waals surface area contributed by atoms with Crippen LogP contribution in [0.3, 0.4) is 0 Å². The van der Waals surface area contributed by atoms with Crippen LogP contribution in [-0.2, 0) is 17.5 Å². The Bertz CT molecular complexity index is 531. The predicted molar refractivity (Wildman–Crippen MR) is 73.7 cm³/mol. The van der Waals surface area contributed by atoms with Gasteiger partial charge in [0.1, 0.15) is 0 Å². The van der Waals surface area contributed by atoms with Crippen molar-refractivity contribution in [2.45, 2.75) is 19.1 Å². The fraction of sp³-hybridized carbons (Fsp3) is 0.500. The summed E-state index contributed by atoms with van der Waals surface area (Å²) in [6.07, 6.45) is -3.82. The quantitative estimate of drug-likeness (QED) is 0.890. The van der Waals surface area contributed by atoms with Gasteiger partial charge in [-0.3, -0.25) is 4.79 Å². The van der Waals surface area contributed by atoms with Crippen LogP contribution in [0.15, 0.2) is 18.2 Å². The molecule has 1 amide bonds. The van der Waals surface area contributed by atoms with E-state index in [-0.39, 0.29) is 18.0 Å². The normalized spacial score (nSPS) is 19.0. The van der Waals surface area contributed by atoms with Crippen molar-refractivity contribution in [1.29, 1.82) is 0 Å². The number of rotatable bonds is 4. The number of carbonyl (C=O) groups is 1. The summed E-state index contributed by atoms with van der Waals surface area (Å²) in [4.78, 5) is 12.9. The summed E-state index contributed by atoms with van der Waals surface area (Å²) in [5.41, 5.74) is 5.29. The summed E-state index contributed by atoms with van der Waals surface area (Å²) >= 11 is 0. The summed E-state index contributed by atoms with van der Waals surface area (Å²) in [6, 6.07) is 4.29. The Kier molecular flexibility index (Phi) is 4.41. The van der Waals surface area contributed by atoms with Gasteiger partial charge < -0.3 is 16.0 Å². The topological polar surface area (TPSA) is 58.4 Å². The average molecular weight is 301 g/mol. The van der Waals surface area contributed by atoms with Crippen LogP contribution in [0.4, 0.5) is 18.9 Å². The van der Waals surface area contributed by atoms with Gasteiger partial charge in [-0.1, -0.05) is 6.07 Å². The summed E-state index contributed by atoms with van der Waals surface area (Å²) in [7, 11) is 1.60. The molecule has 0 radical (unpaired) electrons. The molecule has 0 spiro atoms. The third-order valence-corrected chi connectivity index (χ3v) is 3.72. The minimum atomic E-state index is -4.40. The van der Waals surface area contributed by atoms with E-state index in [0.717, 1.165) is 6.07 Å². The largest absolute Gasteiger partial charge is 0.416 e. The van der Waals surface area contributed by atoms with Crippen LogP contribution in [-0.4, -0.2) is 26.0 Å². The molecule has 0 aliphatic carbocycles. The first-order valence-corrected chi connectivity index (χ1v) is 6.72. The molecule has 1 heterocycles. The first kappa shape index (κ1) is 15.6. The van der Waals surface area contributed by atoms with E-state index in [4.69, 9.17) is 5.73 Å². The summed E-state index contributed by atoms with van der Waals surface area (Å²) in [5.74, 6) is -0.698. The number of amides is 1. The van der Waals surface area contributed by atoms with E-state index in [1.54, 1.807) is 18.0 Å². The Morgan fingerprint density at radius 3 is 2.71 bits per heavy atom. The molecule has 0 aromatic heterocycles. The van der Waals surface area contributed by atoms with Crippen LogP contribution in [0.25, 0.3) is 0 Å². The van der Waals surface area contributed by atoms with Gasteiger partial charge in [0.25, 0.3) is 0 Å². The Morgan fingerprint density at radius 2 is 2.19 bits per heavy atom. The Labute approximate surface area is 121 Å². The van der Waals surface area contributed by atoms with Crippen LogP contribution < -0.4 is 16.0 Å². The number of benzene rings is 1. The number of hydrogen-bond donors (Lipinski definition) is 2. The summed E-state index contributed by atoms with van der Waals surface area (Å²) in [6.45, 7) is 1.06. The predicted octanol–water partition coefficient (Wildman–Crippen LogP) is 1.74. The number of nitrogens with two attached hydrogens (primary N) is 1. The average Bonchev–Trinajstić information content (AvgIpc) is 2.88. The summed E-state index contributed by atoms with van der Waals surface area (Å²) in [5, 5.41) is 2.73. The van der Waals surface area contributed by atoms with E-state index < -0.39 is 17.6 Å². The number of halogens is 3. The number of nitrogens with zero attached hydrogens (tertiary/aromatic N) is 1. The van der Waals surface area contributed by atoms with Crippen LogP contribution in [0.2, 0.25) is 0 Å². The van der Waals surface area contributed by atoms with Crippen LogP contribution >= 0.6 is 0 Å². The molecule has 2 rings (SSSR count). The SMILES string of the molecule is CNCc1ccc(N2CCC(C(N)=O)C2)cc1C(F)(F)F. The highest BCUT2D eigenvalue weighted by Gasteiger charge is 2.34. The van der Waals surface area contributed by atoms with Crippen molar-refractivity contribution in [1.82, 2.24) is 5.32 Å². The van der Waals surface area contributed by atoms with E-state index in [9.17, 15) is 18.0 Å². The number of nitrogens with one attached hydrogen (secondary N) is 1. The van der Waals surface area contributed by atoms with Gasteiger partial charge in [-0.2, -0.15) is 13.2 Å². The molecule has 21 heavy (non-hydrogen) atoms. The number of primary amides is 1. The van der Waals surface area contributed by atoms with Gasteiger partial charge in [0.05, 0.1) is 11.5 Å². The molecule has 7 heteroatoms. The fourth-order valence-corrected chi connectivity index (χ4v) is 2.60. The molecule has 1 saturated heterocycles. The minimum Gasteiger partial charge on any atom is -0.371 e. The van der Waals surface area contributed by atoms with Crippen molar-refractivity contribution in [3.8, 4) is 0 Å². The van der Waals surface area contributed by atoms with E-state index in [0.29, 0.717) is 25.2 Å². The van der Waals surface area contributed by atoms with Crippen LogP contribution in [0.5, 0.6) is 0 Å². The monoisotopic (exact) mass is 301 g/mol. The van der Waals surface area contributed by atoms with Crippen molar-refractivity contribution in [3.63, 3.8) is 0 Å². The second-order valence-electron chi connectivity index (χ2n) is 5.20. The van der Waals surface area contributed by atoms with Crippen molar-refractivity contribution in [2.24, 2.45) is 11.7 Å². The van der Waals surface area contributed by atoms with Crippen molar-refractivity contribution in [2.75, 3.05) is 25.0 Å². The number of anilines is 1. The van der Waals surface area contributed by atoms with E-state index >= 15 is 0 Å². The molecule has 1 aliphatic rings. The molecule has 1 aliphatic heterocycles. The molecule has 0 saturated carbocycles. The molecule has 4 nitrogen and oxygen atoms in total. The van der Waals surface area contributed by atoms with Gasteiger partial charge in [0, 0.05) is 25.3 Å². The van der Waals surface area contributed by atoms with Crippen LogP contribution in [0, 0.1) is 5.92 Å². The third kappa shape index (κ3) is 3.47. The molecule has 1 fully saturated rings. The zero-order valence-corrected chi connectivity index (χ0v) is 11.7. The lowest BCUT2D eigenvalue weighted by atomic mass is 10.1. The van der Waals surface area contributed by atoms with Crippen molar-refractivity contribution < 1.29 is 18.0 Å². The molecule has 3 N–H and O–H groups in total.